The van der Waals surface area contributed by atoms with Gasteiger partial charge in [0, 0.05) is 17.6 Å². The summed E-state index contributed by atoms with van der Waals surface area (Å²) < 4.78 is 30.5. The molecule has 6 nitrogen and oxygen atoms in total. The van der Waals surface area contributed by atoms with Gasteiger partial charge in [-0.05, 0) is 31.2 Å². The van der Waals surface area contributed by atoms with Gasteiger partial charge in [-0.3, -0.25) is 0 Å². The molecule has 2 heterocycles. The van der Waals surface area contributed by atoms with E-state index < -0.39 is 9.84 Å². The van der Waals surface area contributed by atoms with Crippen LogP contribution in [0.1, 0.15) is 12.6 Å². The molecule has 0 saturated carbocycles. The first kappa shape index (κ1) is 17.1. The zero-order valence-corrected chi connectivity index (χ0v) is 14.8. The van der Waals surface area contributed by atoms with Gasteiger partial charge in [-0.15, -0.1) is 0 Å². The largest absolute Gasteiger partial charge is 0.377 e. The molecule has 0 amide bonds. The van der Waals surface area contributed by atoms with E-state index in [4.69, 9.17) is 16.3 Å². The SMILES string of the molecule is C[C@H]1COCCN1c1cc(CS(=O)(=O)c2ccc(Cl)cc2)ncn1. The molecule has 24 heavy (non-hydrogen) atoms. The number of nitrogens with zero attached hydrogens (tertiary/aromatic N) is 3. The summed E-state index contributed by atoms with van der Waals surface area (Å²) in [5.41, 5.74) is 0.466. The summed E-state index contributed by atoms with van der Waals surface area (Å²) in [6.07, 6.45) is 1.41. The molecule has 1 aromatic carbocycles. The number of rotatable bonds is 4. The Kier molecular flexibility index (Phi) is 5.03. The third kappa shape index (κ3) is 3.85. The summed E-state index contributed by atoms with van der Waals surface area (Å²) in [6, 6.07) is 8.06. The lowest BCUT2D eigenvalue weighted by Crippen LogP contribution is -2.44. The minimum Gasteiger partial charge on any atom is -0.377 e. The second kappa shape index (κ2) is 7.04. The molecule has 0 unspecified atom stereocenters. The van der Waals surface area contributed by atoms with Crippen molar-refractivity contribution in [3.63, 3.8) is 0 Å². The highest BCUT2D eigenvalue weighted by molar-refractivity contribution is 7.90. The van der Waals surface area contributed by atoms with Crippen LogP contribution in [0.2, 0.25) is 5.02 Å². The normalized spacial score (nSPS) is 18.6. The molecular weight excluding hydrogens is 350 g/mol. The number of sulfone groups is 1. The molecule has 0 aliphatic carbocycles. The van der Waals surface area contributed by atoms with Crippen molar-refractivity contribution in [2.24, 2.45) is 0 Å². The Balaban J connectivity index is 1.82. The van der Waals surface area contributed by atoms with Crippen LogP contribution in [0.15, 0.2) is 41.6 Å². The predicted octanol–water partition coefficient (Wildman–Crippen LogP) is 2.33. The van der Waals surface area contributed by atoms with Gasteiger partial charge in [0.05, 0.1) is 35.6 Å². The molecule has 2 aromatic rings. The lowest BCUT2D eigenvalue weighted by molar-refractivity contribution is 0.0985. The van der Waals surface area contributed by atoms with Crippen LogP contribution in [0.25, 0.3) is 0 Å². The van der Waals surface area contributed by atoms with Crippen molar-refractivity contribution in [3.05, 3.63) is 47.4 Å². The molecule has 0 bridgehead atoms. The van der Waals surface area contributed by atoms with Crippen LogP contribution >= 0.6 is 11.6 Å². The van der Waals surface area contributed by atoms with Crippen molar-refractivity contribution >= 4 is 27.3 Å². The number of hydrogen-bond acceptors (Lipinski definition) is 6. The van der Waals surface area contributed by atoms with Gasteiger partial charge in [-0.2, -0.15) is 0 Å². The fourth-order valence-corrected chi connectivity index (χ4v) is 4.00. The third-order valence-electron chi connectivity index (χ3n) is 3.88. The minimum atomic E-state index is -3.48. The lowest BCUT2D eigenvalue weighted by atomic mass is 10.2. The van der Waals surface area contributed by atoms with Crippen LogP contribution in [-0.4, -0.2) is 44.2 Å². The number of aromatic nitrogens is 2. The molecule has 1 aliphatic heterocycles. The maximum absolute atomic E-state index is 12.5. The zero-order chi connectivity index (χ0) is 17.2. The van der Waals surface area contributed by atoms with E-state index in [9.17, 15) is 8.42 Å². The molecule has 0 spiro atoms. The van der Waals surface area contributed by atoms with E-state index >= 15 is 0 Å². The summed E-state index contributed by atoms with van der Waals surface area (Å²) in [7, 11) is -3.48. The number of halogens is 1. The molecule has 8 heteroatoms. The van der Waals surface area contributed by atoms with Gasteiger partial charge in [-0.1, -0.05) is 11.6 Å². The summed E-state index contributed by atoms with van der Waals surface area (Å²) in [5, 5.41) is 0.500. The van der Waals surface area contributed by atoms with Crippen molar-refractivity contribution in [2.75, 3.05) is 24.7 Å². The Morgan fingerprint density at radius 3 is 2.75 bits per heavy atom. The quantitative estimate of drug-likeness (QED) is 0.825. The van der Waals surface area contributed by atoms with Gasteiger partial charge in [0.1, 0.15) is 12.1 Å². The Bertz CT molecular complexity index is 812. The van der Waals surface area contributed by atoms with E-state index in [1.54, 1.807) is 18.2 Å². The Morgan fingerprint density at radius 2 is 2.04 bits per heavy atom. The van der Waals surface area contributed by atoms with Crippen LogP contribution in [0.4, 0.5) is 5.82 Å². The summed E-state index contributed by atoms with van der Waals surface area (Å²) in [6.45, 7) is 4.03. The summed E-state index contributed by atoms with van der Waals surface area (Å²) in [5.74, 6) is 0.546. The van der Waals surface area contributed by atoms with Crippen LogP contribution in [0, 0.1) is 0 Å². The molecule has 128 valence electrons. The van der Waals surface area contributed by atoms with Gasteiger partial charge in [0.25, 0.3) is 0 Å². The van der Waals surface area contributed by atoms with Gasteiger partial charge in [-0.25, -0.2) is 18.4 Å². The summed E-state index contributed by atoms with van der Waals surface area (Å²) in [4.78, 5) is 10.7. The van der Waals surface area contributed by atoms with Gasteiger partial charge in [0.15, 0.2) is 9.84 Å². The second-order valence-corrected chi connectivity index (χ2v) is 8.12. The molecule has 1 fully saturated rings. The van der Waals surface area contributed by atoms with Crippen molar-refractivity contribution in [1.82, 2.24) is 9.97 Å². The molecule has 1 saturated heterocycles. The molecule has 1 atom stereocenters. The lowest BCUT2D eigenvalue weighted by Gasteiger charge is -2.34. The standard InChI is InChI=1S/C16H18ClN3O3S/c1-12-9-23-7-6-20(12)16-8-14(18-11-19-16)10-24(21,22)15-4-2-13(17)3-5-15/h2-5,8,11-12H,6-7,9-10H2,1H3/t12-/m0/s1. The number of hydrogen-bond donors (Lipinski definition) is 0. The smallest absolute Gasteiger partial charge is 0.184 e. The molecule has 3 rings (SSSR count). The van der Waals surface area contributed by atoms with Gasteiger partial charge < -0.3 is 9.64 Å². The van der Waals surface area contributed by atoms with E-state index in [0.717, 1.165) is 12.4 Å². The maximum Gasteiger partial charge on any atom is 0.184 e. The fraction of sp³-hybridized carbons (Fsp3) is 0.375. The first-order valence-electron chi connectivity index (χ1n) is 7.59. The number of morpholine rings is 1. The first-order chi connectivity index (χ1) is 11.5. The Morgan fingerprint density at radius 1 is 1.29 bits per heavy atom. The van der Waals surface area contributed by atoms with E-state index in [1.807, 2.05) is 6.92 Å². The van der Waals surface area contributed by atoms with E-state index in [-0.39, 0.29) is 16.7 Å². The highest BCUT2D eigenvalue weighted by Gasteiger charge is 2.22. The monoisotopic (exact) mass is 367 g/mol. The van der Waals surface area contributed by atoms with Crippen LogP contribution in [0.3, 0.4) is 0 Å². The molecule has 1 aromatic heterocycles. The average Bonchev–Trinajstić information content (AvgIpc) is 2.55. The number of benzene rings is 1. The Hall–Kier alpha value is -1.70. The minimum absolute atomic E-state index is 0.178. The predicted molar refractivity (Wildman–Crippen MR) is 92.0 cm³/mol. The molecule has 1 aliphatic rings. The Labute approximate surface area is 146 Å². The number of ether oxygens (including phenoxy) is 1. The maximum atomic E-state index is 12.5. The molecule has 0 N–H and O–H groups in total. The highest BCUT2D eigenvalue weighted by Crippen LogP contribution is 2.21. The van der Waals surface area contributed by atoms with Crippen LogP contribution in [0.5, 0.6) is 0 Å². The zero-order valence-electron chi connectivity index (χ0n) is 13.2. The van der Waals surface area contributed by atoms with E-state index in [0.29, 0.717) is 23.9 Å². The molecule has 0 radical (unpaired) electrons. The second-order valence-electron chi connectivity index (χ2n) is 5.70. The van der Waals surface area contributed by atoms with Crippen molar-refractivity contribution < 1.29 is 13.2 Å². The van der Waals surface area contributed by atoms with Crippen molar-refractivity contribution in [1.29, 1.82) is 0 Å². The first-order valence-corrected chi connectivity index (χ1v) is 9.62. The van der Waals surface area contributed by atoms with Crippen LogP contribution in [-0.2, 0) is 20.3 Å². The van der Waals surface area contributed by atoms with Gasteiger partial charge >= 0.3 is 0 Å². The van der Waals surface area contributed by atoms with Gasteiger partial charge in [0.2, 0.25) is 0 Å². The van der Waals surface area contributed by atoms with Crippen molar-refractivity contribution in [3.8, 4) is 0 Å². The number of anilines is 1. The highest BCUT2D eigenvalue weighted by atomic mass is 35.5. The van der Waals surface area contributed by atoms with Crippen molar-refractivity contribution in [2.45, 2.75) is 23.6 Å². The summed E-state index contributed by atoms with van der Waals surface area (Å²) >= 11 is 5.81. The van der Waals surface area contributed by atoms with E-state index in [1.165, 1.54) is 18.5 Å². The third-order valence-corrected chi connectivity index (χ3v) is 5.80. The topological polar surface area (TPSA) is 72.4 Å². The van der Waals surface area contributed by atoms with Crippen LogP contribution < -0.4 is 4.90 Å². The fourth-order valence-electron chi connectivity index (χ4n) is 2.61. The molecular formula is C16H18ClN3O3S. The average molecular weight is 368 g/mol. The van der Waals surface area contributed by atoms with E-state index in [2.05, 4.69) is 14.9 Å².